The second-order valence-corrected chi connectivity index (χ2v) is 6.19. The van der Waals surface area contributed by atoms with Gasteiger partial charge in [0.2, 0.25) is 0 Å². The van der Waals surface area contributed by atoms with Crippen molar-refractivity contribution in [3.8, 4) is 0 Å². The Morgan fingerprint density at radius 2 is 1.81 bits per heavy atom. The molecule has 1 aliphatic heterocycles. The van der Waals surface area contributed by atoms with Gasteiger partial charge in [-0.1, -0.05) is 39.0 Å². The van der Waals surface area contributed by atoms with Crippen LogP contribution in [0.15, 0.2) is 0 Å². The van der Waals surface area contributed by atoms with Crippen LogP contribution in [-0.4, -0.2) is 40.6 Å². The number of hydrogen-bond donors (Lipinski definition) is 2. The molecule has 1 heterocycles. The van der Waals surface area contributed by atoms with Crippen LogP contribution in [0.5, 0.6) is 0 Å². The molecule has 0 aromatic rings. The van der Waals surface area contributed by atoms with E-state index in [4.69, 9.17) is 0 Å². The van der Waals surface area contributed by atoms with Gasteiger partial charge in [-0.3, -0.25) is 0 Å². The molecule has 5 heteroatoms. The van der Waals surface area contributed by atoms with E-state index in [1.165, 1.54) is 30.6 Å². The number of carboxylic acid groups (broad SMARTS) is 1. The van der Waals surface area contributed by atoms with Crippen LogP contribution in [-0.2, 0) is 4.79 Å². The van der Waals surface area contributed by atoms with E-state index in [0.717, 1.165) is 25.7 Å². The highest BCUT2D eigenvalue weighted by molar-refractivity contribution is 5.86. The summed E-state index contributed by atoms with van der Waals surface area (Å²) in [4.78, 5) is 25.1. The van der Waals surface area contributed by atoms with Crippen molar-refractivity contribution in [2.24, 2.45) is 0 Å². The molecular formula is C16H30N2O3. The van der Waals surface area contributed by atoms with Gasteiger partial charge in [0.15, 0.2) is 0 Å². The van der Waals surface area contributed by atoms with Crippen molar-refractivity contribution in [1.82, 2.24) is 10.2 Å². The van der Waals surface area contributed by atoms with Gasteiger partial charge in [-0.25, -0.2) is 9.59 Å². The van der Waals surface area contributed by atoms with Gasteiger partial charge in [-0.15, -0.1) is 0 Å². The monoisotopic (exact) mass is 298 g/mol. The zero-order valence-electron chi connectivity index (χ0n) is 13.5. The zero-order chi connectivity index (χ0) is 15.7. The molecule has 1 unspecified atom stereocenters. The third-order valence-corrected chi connectivity index (χ3v) is 4.40. The van der Waals surface area contributed by atoms with E-state index in [2.05, 4.69) is 12.2 Å². The molecule has 1 aliphatic rings. The highest BCUT2D eigenvalue weighted by Gasteiger charge is 2.43. The molecule has 2 amide bonds. The summed E-state index contributed by atoms with van der Waals surface area (Å²) in [6.07, 6.45) is 9.35. The number of hydrogen-bond acceptors (Lipinski definition) is 2. The number of urea groups is 1. The summed E-state index contributed by atoms with van der Waals surface area (Å²) < 4.78 is 0. The average Bonchev–Trinajstić information content (AvgIpc) is 2.46. The van der Waals surface area contributed by atoms with Gasteiger partial charge < -0.3 is 15.3 Å². The van der Waals surface area contributed by atoms with Crippen molar-refractivity contribution in [2.45, 2.75) is 77.2 Å². The van der Waals surface area contributed by atoms with Crippen molar-refractivity contribution in [3.63, 3.8) is 0 Å². The Morgan fingerprint density at radius 1 is 1.14 bits per heavy atom. The van der Waals surface area contributed by atoms with E-state index in [9.17, 15) is 14.7 Å². The second kappa shape index (κ2) is 8.90. The maximum atomic E-state index is 12.2. The van der Waals surface area contributed by atoms with Crippen LogP contribution < -0.4 is 5.32 Å². The lowest BCUT2D eigenvalue weighted by molar-refractivity contribution is -0.150. The third-order valence-electron chi connectivity index (χ3n) is 4.40. The van der Waals surface area contributed by atoms with Crippen LogP contribution in [0.4, 0.5) is 4.79 Å². The standard InChI is InChI=1S/C16H30N2O3/c1-3-4-5-6-7-9-12-17-15(21)18-13-10-8-11-16(18,2)14(19)20/h3-13H2,1-2H3,(H,17,21)(H,19,20). The fourth-order valence-electron chi connectivity index (χ4n) is 2.86. The van der Waals surface area contributed by atoms with Crippen molar-refractivity contribution in [2.75, 3.05) is 13.1 Å². The number of carbonyl (C=O) groups excluding carboxylic acids is 1. The van der Waals surface area contributed by atoms with Gasteiger partial charge in [-0.05, 0) is 32.6 Å². The van der Waals surface area contributed by atoms with Gasteiger partial charge >= 0.3 is 12.0 Å². The Balaban J connectivity index is 2.31. The summed E-state index contributed by atoms with van der Waals surface area (Å²) >= 11 is 0. The van der Waals surface area contributed by atoms with Crippen molar-refractivity contribution >= 4 is 12.0 Å². The molecule has 21 heavy (non-hydrogen) atoms. The molecular weight excluding hydrogens is 268 g/mol. The summed E-state index contributed by atoms with van der Waals surface area (Å²) in [5.74, 6) is -0.906. The Hall–Kier alpha value is -1.26. The minimum absolute atomic E-state index is 0.229. The predicted octanol–water partition coefficient (Wildman–Crippen LogP) is 3.39. The number of aliphatic carboxylic acids is 1. The van der Waals surface area contributed by atoms with E-state index < -0.39 is 11.5 Å². The summed E-state index contributed by atoms with van der Waals surface area (Å²) in [6.45, 7) is 5.01. The number of nitrogens with one attached hydrogen (secondary N) is 1. The number of nitrogens with zero attached hydrogens (tertiary/aromatic N) is 1. The predicted molar refractivity (Wildman–Crippen MR) is 83.4 cm³/mol. The fraction of sp³-hybridized carbons (Fsp3) is 0.875. The molecule has 0 aliphatic carbocycles. The minimum Gasteiger partial charge on any atom is -0.480 e. The summed E-state index contributed by atoms with van der Waals surface area (Å²) in [5.41, 5.74) is -1.05. The maximum absolute atomic E-state index is 12.2. The van der Waals surface area contributed by atoms with Gasteiger partial charge in [0, 0.05) is 13.1 Å². The molecule has 2 N–H and O–H groups in total. The van der Waals surface area contributed by atoms with E-state index in [-0.39, 0.29) is 6.03 Å². The topological polar surface area (TPSA) is 69.6 Å². The summed E-state index contributed by atoms with van der Waals surface area (Å²) in [6, 6.07) is -0.229. The Bertz CT molecular complexity index is 346. The number of carbonyl (C=O) groups is 2. The van der Waals surface area contributed by atoms with Gasteiger partial charge in [0.05, 0.1) is 0 Å². The lowest BCUT2D eigenvalue weighted by atomic mass is 9.89. The molecule has 1 saturated heterocycles. The molecule has 1 rings (SSSR count). The van der Waals surface area contributed by atoms with E-state index in [1.54, 1.807) is 6.92 Å². The number of piperidine rings is 1. The first kappa shape index (κ1) is 17.8. The minimum atomic E-state index is -1.05. The molecule has 1 fully saturated rings. The zero-order valence-corrected chi connectivity index (χ0v) is 13.5. The van der Waals surface area contributed by atoms with Gasteiger partial charge in [0.25, 0.3) is 0 Å². The first-order valence-electron chi connectivity index (χ1n) is 8.31. The second-order valence-electron chi connectivity index (χ2n) is 6.19. The number of likely N-dealkylation sites (tertiary alicyclic amines) is 1. The van der Waals surface area contributed by atoms with Crippen molar-refractivity contribution in [1.29, 1.82) is 0 Å². The fourth-order valence-corrected chi connectivity index (χ4v) is 2.86. The third kappa shape index (κ3) is 5.21. The summed E-state index contributed by atoms with van der Waals surface area (Å²) in [5, 5.41) is 12.3. The summed E-state index contributed by atoms with van der Waals surface area (Å²) in [7, 11) is 0. The molecule has 0 bridgehead atoms. The molecule has 122 valence electrons. The SMILES string of the molecule is CCCCCCCCNC(=O)N1CCCCC1(C)C(=O)O. The molecule has 0 aromatic carbocycles. The number of rotatable bonds is 8. The lowest BCUT2D eigenvalue weighted by Crippen LogP contribution is -2.60. The van der Waals surface area contributed by atoms with E-state index in [0.29, 0.717) is 19.5 Å². The van der Waals surface area contributed by atoms with Crippen LogP contribution >= 0.6 is 0 Å². The van der Waals surface area contributed by atoms with Gasteiger partial charge in [0.1, 0.15) is 5.54 Å². The lowest BCUT2D eigenvalue weighted by Gasteiger charge is -2.41. The molecule has 0 saturated carbocycles. The smallest absolute Gasteiger partial charge is 0.329 e. The molecule has 0 aromatic heterocycles. The Kier molecular flexibility index (Phi) is 7.54. The highest BCUT2D eigenvalue weighted by Crippen LogP contribution is 2.28. The normalized spacial score (nSPS) is 22.1. The number of amides is 2. The van der Waals surface area contributed by atoms with Crippen LogP contribution in [0.3, 0.4) is 0 Å². The Morgan fingerprint density at radius 3 is 2.48 bits per heavy atom. The quantitative estimate of drug-likeness (QED) is 0.675. The van der Waals surface area contributed by atoms with Gasteiger partial charge in [-0.2, -0.15) is 0 Å². The maximum Gasteiger partial charge on any atom is 0.329 e. The van der Waals surface area contributed by atoms with Crippen LogP contribution in [0.2, 0.25) is 0 Å². The molecule has 0 radical (unpaired) electrons. The first-order valence-corrected chi connectivity index (χ1v) is 8.31. The Labute approximate surface area is 128 Å². The van der Waals surface area contributed by atoms with E-state index >= 15 is 0 Å². The van der Waals surface area contributed by atoms with E-state index in [1.807, 2.05) is 0 Å². The molecule has 0 spiro atoms. The van der Waals surface area contributed by atoms with Crippen LogP contribution in [0.1, 0.15) is 71.6 Å². The van der Waals surface area contributed by atoms with Crippen LogP contribution in [0, 0.1) is 0 Å². The van der Waals surface area contributed by atoms with Crippen molar-refractivity contribution < 1.29 is 14.7 Å². The average molecular weight is 298 g/mol. The first-order chi connectivity index (χ1) is 10.0. The molecule has 1 atom stereocenters. The van der Waals surface area contributed by atoms with Crippen LogP contribution in [0.25, 0.3) is 0 Å². The molecule has 5 nitrogen and oxygen atoms in total. The van der Waals surface area contributed by atoms with Crippen molar-refractivity contribution in [3.05, 3.63) is 0 Å². The largest absolute Gasteiger partial charge is 0.480 e. The highest BCUT2D eigenvalue weighted by atomic mass is 16.4. The number of unbranched alkanes of at least 4 members (excludes halogenated alkanes) is 5. The number of carboxylic acids is 1.